The Labute approximate surface area is 156 Å². The molecule has 2 heterocycles. The van der Waals surface area contributed by atoms with Crippen LogP contribution in [0.5, 0.6) is 0 Å². The van der Waals surface area contributed by atoms with E-state index in [0.29, 0.717) is 17.0 Å². The molecule has 0 unspecified atom stereocenters. The van der Waals surface area contributed by atoms with Crippen LogP contribution in [0, 0.1) is 20.8 Å². The van der Waals surface area contributed by atoms with E-state index < -0.39 is 23.9 Å². The molecular formula is C18H23N3O6. The van der Waals surface area contributed by atoms with E-state index in [9.17, 15) is 14.4 Å². The number of hydrogen-bond acceptors (Lipinski definition) is 7. The summed E-state index contributed by atoms with van der Waals surface area (Å²) >= 11 is 0. The summed E-state index contributed by atoms with van der Waals surface area (Å²) in [6.45, 7) is 8.58. The molecule has 2 rings (SSSR count). The second-order valence-electron chi connectivity index (χ2n) is 5.96. The topological polar surface area (TPSA) is 124 Å². The van der Waals surface area contributed by atoms with Gasteiger partial charge in [-0.1, -0.05) is 12.1 Å². The van der Waals surface area contributed by atoms with Gasteiger partial charge in [-0.05, 0) is 39.7 Å². The number of carbonyl (C=O) groups excluding carboxylic acids is 3. The number of rotatable bonds is 7. The molecule has 0 bridgehead atoms. The molecule has 0 aromatic carbocycles. The lowest BCUT2D eigenvalue weighted by atomic mass is 10.1. The standard InChI is InChI=1S/C18H23N3O6/c1-6-12(16(22)20-13-8-9(3)27-21-13)26-17(23)14-10(4)15(19-11(14)5)18(24)25-7-2/h8,12,19H,6-7H2,1-5H3,(H,20,21,22)/t12-/m1/s1. The lowest BCUT2D eigenvalue weighted by Crippen LogP contribution is -2.32. The highest BCUT2D eigenvalue weighted by molar-refractivity contribution is 6.00. The first-order valence-corrected chi connectivity index (χ1v) is 8.59. The van der Waals surface area contributed by atoms with Crippen LogP contribution in [0.4, 0.5) is 5.82 Å². The number of esters is 2. The zero-order valence-electron chi connectivity index (χ0n) is 16.0. The largest absolute Gasteiger partial charge is 0.461 e. The van der Waals surface area contributed by atoms with Gasteiger partial charge in [-0.15, -0.1) is 0 Å². The number of nitrogens with zero attached hydrogens (tertiary/aromatic N) is 1. The van der Waals surface area contributed by atoms with Crippen molar-refractivity contribution in [3.63, 3.8) is 0 Å². The number of anilines is 1. The molecule has 0 aliphatic heterocycles. The van der Waals surface area contributed by atoms with Crippen molar-refractivity contribution in [1.29, 1.82) is 0 Å². The number of carbonyl (C=O) groups is 3. The van der Waals surface area contributed by atoms with Crippen LogP contribution in [0.3, 0.4) is 0 Å². The number of hydrogen-bond donors (Lipinski definition) is 2. The first-order chi connectivity index (χ1) is 12.8. The third kappa shape index (κ3) is 4.55. The Kier molecular flexibility index (Phi) is 6.38. The summed E-state index contributed by atoms with van der Waals surface area (Å²) in [5.74, 6) is -0.986. The molecule has 27 heavy (non-hydrogen) atoms. The van der Waals surface area contributed by atoms with E-state index in [0.717, 1.165) is 0 Å². The minimum Gasteiger partial charge on any atom is -0.461 e. The van der Waals surface area contributed by atoms with E-state index in [4.69, 9.17) is 14.0 Å². The van der Waals surface area contributed by atoms with Crippen LogP contribution in [0.25, 0.3) is 0 Å². The van der Waals surface area contributed by atoms with Gasteiger partial charge in [0.05, 0.1) is 12.2 Å². The molecule has 0 spiro atoms. The normalized spacial score (nSPS) is 11.7. The molecular weight excluding hydrogens is 354 g/mol. The van der Waals surface area contributed by atoms with Gasteiger partial charge in [-0.3, -0.25) is 4.79 Å². The summed E-state index contributed by atoms with van der Waals surface area (Å²) in [5.41, 5.74) is 1.28. The van der Waals surface area contributed by atoms with Crippen LogP contribution < -0.4 is 5.32 Å². The molecule has 9 nitrogen and oxygen atoms in total. The van der Waals surface area contributed by atoms with E-state index in [1.165, 1.54) is 0 Å². The maximum atomic E-state index is 12.6. The Bertz CT molecular complexity index is 851. The van der Waals surface area contributed by atoms with E-state index in [-0.39, 0.29) is 30.1 Å². The van der Waals surface area contributed by atoms with Gasteiger partial charge >= 0.3 is 11.9 Å². The molecule has 0 aliphatic carbocycles. The third-order valence-electron chi connectivity index (χ3n) is 3.91. The number of amides is 1. The van der Waals surface area contributed by atoms with Crippen molar-refractivity contribution in [2.75, 3.05) is 11.9 Å². The van der Waals surface area contributed by atoms with Gasteiger partial charge in [0, 0.05) is 11.8 Å². The minimum absolute atomic E-state index is 0.192. The quantitative estimate of drug-likeness (QED) is 0.711. The van der Waals surface area contributed by atoms with Gasteiger partial charge in [0.25, 0.3) is 5.91 Å². The van der Waals surface area contributed by atoms with Gasteiger partial charge in [-0.2, -0.15) is 0 Å². The van der Waals surface area contributed by atoms with Crippen LogP contribution in [0.1, 0.15) is 58.1 Å². The molecule has 2 aromatic heterocycles. The van der Waals surface area contributed by atoms with Crippen molar-refractivity contribution >= 4 is 23.7 Å². The van der Waals surface area contributed by atoms with E-state index >= 15 is 0 Å². The monoisotopic (exact) mass is 377 g/mol. The number of H-pyrrole nitrogens is 1. The molecule has 1 atom stereocenters. The Morgan fingerprint density at radius 1 is 1.22 bits per heavy atom. The zero-order valence-corrected chi connectivity index (χ0v) is 16.0. The van der Waals surface area contributed by atoms with Gasteiger partial charge in [0.1, 0.15) is 11.5 Å². The molecule has 0 saturated heterocycles. The summed E-state index contributed by atoms with van der Waals surface area (Å²) in [7, 11) is 0. The second-order valence-corrected chi connectivity index (χ2v) is 5.96. The first kappa shape index (κ1) is 20.2. The highest BCUT2D eigenvalue weighted by atomic mass is 16.5. The summed E-state index contributed by atoms with van der Waals surface area (Å²) in [6, 6.07) is 1.55. The van der Waals surface area contributed by atoms with Crippen LogP contribution in [0.15, 0.2) is 10.6 Å². The fourth-order valence-electron chi connectivity index (χ4n) is 2.61. The summed E-state index contributed by atoms with van der Waals surface area (Å²) in [4.78, 5) is 39.7. The van der Waals surface area contributed by atoms with Crippen LogP contribution in [0.2, 0.25) is 0 Å². The predicted molar refractivity (Wildman–Crippen MR) is 95.6 cm³/mol. The lowest BCUT2D eigenvalue weighted by molar-refractivity contribution is -0.124. The molecule has 146 valence electrons. The number of aromatic nitrogens is 2. The first-order valence-electron chi connectivity index (χ1n) is 8.59. The van der Waals surface area contributed by atoms with Gasteiger partial charge in [0.2, 0.25) is 0 Å². The summed E-state index contributed by atoms with van der Waals surface area (Å²) < 4.78 is 15.2. The Morgan fingerprint density at radius 2 is 1.93 bits per heavy atom. The number of aryl methyl sites for hydroxylation is 2. The molecule has 2 aromatic rings. The highest BCUT2D eigenvalue weighted by Crippen LogP contribution is 2.21. The van der Waals surface area contributed by atoms with E-state index in [2.05, 4.69) is 15.5 Å². The van der Waals surface area contributed by atoms with Crippen molar-refractivity contribution in [1.82, 2.24) is 10.1 Å². The van der Waals surface area contributed by atoms with E-state index in [1.807, 2.05) is 0 Å². The van der Waals surface area contributed by atoms with E-state index in [1.54, 1.807) is 40.7 Å². The summed E-state index contributed by atoms with van der Waals surface area (Å²) in [5, 5.41) is 6.21. The van der Waals surface area contributed by atoms with Crippen molar-refractivity contribution in [3.05, 3.63) is 34.3 Å². The van der Waals surface area contributed by atoms with Crippen molar-refractivity contribution < 1.29 is 28.4 Å². The number of nitrogens with one attached hydrogen (secondary N) is 2. The van der Waals surface area contributed by atoms with Gasteiger partial charge < -0.3 is 24.3 Å². The Balaban J connectivity index is 2.14. The molecule has 9 heteroatoms. The van der Waals surface area contributed by atoms with Gasteiger partial charge in [-0.25, -0.2) is 9.59 Å². The third-order valence-corrected chi connectivity index (χ3v) is 3.91. The molecule has 0 saturated carbocycles. The molecule has 0 aliphatic rings. The number of aromatic amines is 1. The number of ether oxygens (including phenoxy) is 2. The zero-order chi connectivity index (χ0) is 20.1. The Hall–Kier alpha value is -3.10. The fraction of sp³-hybridized carbons (Fsp3) is 0.444. The van der Waals surface area contributed by atoms with Crippen LogP contribution in [-0.4, -0.2) is 40.7 Å². The maximum absolute atomic E-state index is 12.6. The SMILES string of the molecule is CCOC(=O)c1[nH]c(C)c(C(=O)O[C@H](CC)C(=O)Nc2cc(C)on2)c1C. The maximum Gasteiger partial charge on any atom is 0.355 e. The fourth-order valence-corrected chi connectivity index (χ4v) is 2.61. The minimum atomic E-state index is -1.02. The average molecular weight is 377 g/mol. The summed E-state index contributed by atoms with van der Waals surface area (Å²) in [6.07, 6.45) is -0.754. The second kappa shape index (κ2) is 8.52. The van der Waals surface area contributed by atoms with Crippen LogP contribution in [-0.2, 0) is 14.3 Å². The smallest absolute Gasteiger partial charge is 0.355 e. The molecule has 0 fully saturated rings. The molecule has 2 N–H and O–H groups in total. The highest BCUT2D eigenvalue weighted by Gasteiger charge is 2.28. The average Bonchev–Trinajstić information content (AvgIpc) is 3.15. The lowest BCUT2D eigenvalue weighted by Gasteiger charge is -2.15. The molecule has 1 amide bonds. The Morgan fingerprint density at radius 3 is 2.48 bits per heavy atom. The van der Waals surface area contributed by atoms with Gasteiger partial charge in [0.15, 0.2) is 11.9 Å². The van der Waals surface area contributed by atoms with Crippen molar-refractivity contribution in [3.8, 4) is 0 Å². The molecule has 0 radical (unpaired) electrons. The van der Waals surface area contributed by atoms with Crippen LogP contribution >= 0.6 is 0 Å². The van der Waals surface area contributed by atoms with Crippen molar-refractivity contribution in [2.24, 2.45) is 0 Å². The van der Waals surface area contributed by atoms with Crippen molar-refractivity contribution in [2.45, 2.75) is 47.1 Å². The predicted octanol–water partition coefficient (Wildman–Crippen LogP) is 2.68.